The average Bonchev–Trinajstić information content (AvgIpc) is 2.81. The molecule has 2 N–H and O–H groups in total. The summed E-state index contributed by atoms with van der Waals surface area (Å²) in [5.74, 6) is -4.03. The highest BCUT2D eigenvalue weighted by molar-refractivity contribution is 6.39. The van der Waals surface area contributed by atoms with Gasteiger partial charge in [-0.1, -0.05) is 20.8 Å². The zero-order valence-electron chi connectivity index (χ0n) is 21.2. The van der Waals surface area contributed by atoms with E-state index in [1.807, 2.05) is 0 Å². The molecule has 194 valence electrons. The predicted molar refractivity (Wildman–Crippen MR) is 126 cm³/mol. The Kier molecular flexibility index (Phi) is 9.15. The van der Waals surface area contributed by atoms with Crippen molar-refractivity contribution in [2.75, 3.05) is 13.2 Å². The van der Waals surface area contributed by atoms with Gasteiger partial charge < -0.3 is 24.6 Å². The van der Waals surface area contributed by atoms with Crippen molar-refractivity contribution in [3.8, 4) is 0 Å². The molecule has 8 heteroatoms. The Hall–Kier alpha value is -1.51. The highest BCUT2D eigenvalue weighted by Gasteiger charge is 2.52. The molecule has 1 aliphatic carbocycles. The number of amides is 1. The van der Waals surface area contributed by atoms with Gasteiger partial charge in [-0.25, -0.2) is 4.79 Å². The van der Waals surface area contributed by atoms with Crippen molar-refractivity contribution in [1.82, 2.24) is 4.90 Å². The van der Waals surface area contributed by atoms with Crippen LogP contribution in [-0.4, -0.2) is 70.0 Å². The normalized spacial score (nSPS) is 37.6. The number of carbonyl (C=O) groups is 3. The van der Waals surface area contributed by atoms with Gasteiger partial charge in [0.15, 0.2) is 0 Å². The summed E-state index contributed by atoms with van der Waals surface area (Å²) in [5, 5.41) is 20.9. The Morgan fingerprint density at radius 1 is 1.09 bits per heavy atom. The number of hydrogen-bond acceptors (Lipinski definition) is 7. The second-order valence-corrected chi connectivity index (χ2v) is 11.1. The SMILES string of the molecule is C[C@@H](COC(=O)[C@@H]1CCCCN1C(=O)C(=O)[C@]1(O)O[C@H](C)CC[C@H]1C)C[C@@H]1CC[C@@H](O)[C@H](C)C1. The van der Waals surface area contributed by atoms with Crippen molar-refractivity contribution in [1.29, 1.82) is 0 Å². The van der Waals surface area contributed by atoms with Gasteiger partial charge in [-0.3, -0.25) is 9.59 Å². The lowest BCUT2D eigenvalue weighted by Gasteiger charge is -2.41. The molecule has 3 fully saturated rings. The fourth-order valence-corrected chi connectivity index (χ4v) is 5.81. The molecule has 3 rings (SSSR count). The number of esters is 1. The number of rotatable bonds is 7. The summed E-state index contributed by atoms with van der Waals surface area (Å²) in [6.45, 7) is 8.15. The van der Waals surface area contributed by atoms with E-state index in [4.69, 9.17) is 9.47 Å². The van der Waals surface area contributed by atoms with Gasteiger partial charge >= 0.3 is 5.97 Å². The van der Waals surface area contributed by atoms with Crippen LogP contribution in [0.4, 0.5) is 0 Å². The molecular formula is C26H43NO7. The zero-order valence-corrected chi connectivity index (χ0v) is 21.2. The van der Waals surface area contributed by atoms with Crippen molar-refractivity contribution in [2.24, 2.45) is 23.7 Å². The second kappa shape index (κ2) is 11.5. The van der Waals surface area contributed by atoms with Gasteiger partial charge in [0.1, 0.15) is 6.04 Å². The molecule has 2 heterocycles. The summed E-state index contributed by atoms with van der Waals surface area (Å²) in [7, 11) is 0. The van der Waals surface area contributed by atoms with Crippen LogP contribution in [0.2, 0.25) is 0 Å². The largest absolute Gasteiger partial charge is 0.464 e. The van der Waals surface area contributed by atoms with Crippen molar-refractivity contribution in [3.63, 3.8) is 0 Å². The minimum absolute atomic E-state index is 0.171. The first-order valence-electron chi connectivity index (χ1n) is 13.1. The molecule has 0 aromatic heterocycles. The number of ketones is 1. The van der Waals surface area contributed by atoms with Crippen LogP contribution >= 0.6 is 0 Å². The highest BCUT2D eigenvalue weighted by Crippen LogP contribution is 2.35. The van der Waals surface area contributed by atoms with Crippen molar-refractivity contribution in [3.05, 3.63) is 0 Å². The first-order chi connectivity index (χ1) is 16.0. The van der Waals surface area contributed by atoms with E-state index in [-0.39, 0.29) is 31.3 Å². The van der Waals surface area contributed by atoms with Gasteiger partial charge in [0, 0.05) is 12.5 Å². The summed E-state index contributed by atoms with van der Waals surface area (Å²) in [4.78, 5) is 40.4. The van der Waals surface area contributed by atoms with E-state index in [2.05, 4.69) is 13.8 Å². The fraction of sp³-hybridized carbons (Fsp3) is 0.885. The Morgan fingerprint density at radius 3 is 2.53 bits per heavy atom. The molecular weight excluding hydrogens is 438 g/mol. The maximum absolute atomic E-state index is 13.1. The van der Waals surface area contributed by atoms with Crippen LogP contribution in [-0.2, 0) is 23.9 Å². The predicted octanol–water partition coefficient (Wildman–Crippen LogP) is 2.83. The summed E-state index contributed by atoms with van der Waals surface area (Å²) in [6, 6.07) is -0.817. The number of nitrogens with zero attached hydrogens (tertiary/aromatic N) is 1. The van der Waals surface area contributed by atoms with Crippen LogP contribution in [0.3, 0.4) is 0 Å². The average molecular weight is 482 g/mol. The molecule has 0 aromatic carbocycles. The van der Waals surface area contributed by atoms with E-state index >= 15 is 0 Å². The van der Waals surface area contributed by atoms with Gasteiger partial charge in [-0.2, -0.15) is 0 Å². The number of Topliss-reactive ketones (excluding diaryl/α,β-unsaturated/α-hetero) is 1. The first kappa shape index (κ1) is 27.1. The molecule has 8 atom stereocenters. The lowest BCUT2D eigenvalue weighted by molar-refractivity contribution is -0.259. The van der Waals surface area contributed by atoms with Gasteiger partial charge in [0.2, 0.25) is 5.79 Å². The summed E-state index contributed by atoms with van der Waals surface area (Å²) < 4.78 is 11.2. The van der Waals surface area contributed by atoms with Gasteiger partial charge in [0.25, 0.3) is 11.7 Å². The molecule has 1 saturated carbocycles. The lowest BCUT2D eigenvalue weighted by Crippen LogP contribution is -2.60. The fourth-order valence-electron chi connectivity index (χ4n) is 5.81. The van der Waals surface area contributed by atoms with E-state index in [0.717, 1.165) is 32.1 Å². The smallest absolute Gasteiger partial charge is 0.328 e. The number of aliphatic hydroxyl groups is 2. The number of hydrogen-bond donors (Lipinski definition) is 2. The number of likely N-dealkylation sites (tertiary alicyclic amines) is 1. The van der Waals surface area contributed by atoms with Gasteiger partial charge in [-0.15, -0.1) is 0 Å². The monoisotopic (exact) mass is 481 g/mol. The van der Waals surface area contributed by atoms with E-state index < -0.39 is 35.4 Å². The van der Waals surface area contributed by atoms with Crippen LogP contribution in [0, 0.1) is 23.7 Å². The topological polar surface area (TPSA) is 113 Å². The van der Waals surface area contributed by atoms with E-state index in [9.17, 15) is 24.6 Å². The molecule has 1 amide bonds. The van der Waals surface area contributed by atoms with Crippen molar-refractivity contribution < 1.29 is 34.1 Å². The maximum atomic E-state index is 13.1. The lowest BCUT2D eigenvalue weighted by atomic mass is 9.77. The van der Waals surface area contributed by atoms with Crippen LogP contribution in [0.15, 0.2) is 0 Å². The second-order valence-electron chi connectivity index (χ2n) is 11.1. The maximum Gasteiger partial charge on any atom is 0.328 e. The Labute approximate surface area is 203 Å². The summed E-state index contributed by atoms with van der Waals surface area (Å²) in [5.41, 5.74) is 0. The minimum atomic E-state index is -2.15. The van der Waals surface area contributed by atoms with Crippen LogP contribution in [0.5, 0.6) is 0 Å². The quantitative estimate of drug-likeness (QED) is 0.425. The van der Waals surface area contributed by atoms with Crippen LogP contribution in [0.25, 0.3) is 0 Å². The molecule has 3 aliphatic rings. The summed E-state index contributed by atoms with van der Waals surface area (Å²) >= 11 is 0. The number of aliphatic hydroxyl groups excluding tert-OH is 1. The Balaban J connectivity index is 1.56. The molecule has 2 aliphatic heterocycles. The third-order valence-electron chi connectivity index (χ3n) is 8.09. The first-order valence-corrected chi connectivity index (χ1v) is 13.1. The van der Waals surface area contributed by atoms with Crippen molar-refractivity contribution >= 4 is 17.7 Å². The van der Waals surface area contributed by atoms with Crippen LogP contribution < -0.4 is 0 Å². The molecule has 0 aromatic rings. The molecule has 0 spiro atoms. The van der Waals surface area contributed by atoms with Crippen molar-refractivity contribution in [2.45, 2.75) is 110 Å². The molecule has 2 saturated heterocycles. The Bertz CT molecular complexity index is 743. The summed E-state index contributed by atoms with van der Waals surface area (Å²) in [6.07, 6.45) is 6.36. The zero-order chi connectivity index (χ0) is 25.0. The standard InChI is InChI=1S/C26H43NO7/c1-16(13-20-10-11-22(28)17(2)14-20)15-33-25(31)21-7-5-6-12-27(21)24(30)23(29)26(32)18(3)8-9-19(4)34-26/h16-22,28,32H,5-15H2,1-4H3/t16-,17-,18-,19-,20+,21+,22-,26-/m1/s1. The number of ether oxygens (including phenoxy) is 2. The third kappa shape index (κ3) is 6.18. The minimum Gasteiger partial charge on any atom is -0.464 e. The van der Waals surface area contributed by atoms with E-state index in [0.29, 0.717) is 37.5 Å². The Morgan fingerprint density at radius 2 is 1.82 bits per heavy atom. The van der Waals surface area contributed by atoms with Crippen LogP contribution in [0.1, 0.15) is 85.5 Å². The molecule has 0 unspecified atom stereocenters. The van der Waals surface area contributed by atoms with E-state index in [1.165, 1.54) is 4.90 Å². The molecule has 0 radical (unpaired) electrons. The molecule has 8 nitrogen and oxygen atoms in total. The highest BCUT2D eigenvalue weighted by atomic mass is 16.6. The van der Waals surface area contributed by atoms with E-state index in [1.54, 1.807) is 13.8 Å². The van der Waals surface area contributed by atoms with Gasteiger partial charge in [-0.05, 0) is 82.5 Å². The molecule has 34 heavy (non-hydrogen) atoms. The number of piperidine rings is 1. The number of carbonyl (C=O) groups excluding carboxylic acids is 3. The third-order valence-corrected chi connectivity index (χ3v) is 8.09. The van der Waals surface area contributed by atoms with Gasteiger partial charge in [0.05, 0.1) is 18.8 Å². The molecule has 0 bridgehead atoms.